The number of anilines is 1. The zero-order valence-corrected chi connectivity index (χ0v) is 11.7. The normalized spacial score (nSPS) is 20.7. The number of nitrogens with two attached hydrogens (primary N) is 1. The van der Waals surface area contributed by atoms with Crippen LogP contribution >= 0.6 is 0 Å². The van der Waals surface area contributed by atoms with Gasteiger partial charge in [0, 0.05) is 11.6 Å². The zero-order chi connectivity index (χ0) is 12.8. The summed E-state index contributed by atoms with van der Waals surface area (Å²) in [5, 5.41) is 4.66. The van der Waals surface area contributed by atoms with Gasteiger partial charge in [-0.1, -0.05) is 20.8 Å². The lowest BCUT2D eigenvalue weighted by Crippen LogP contribution is -2.26. The van der Waals surface area contributed by atoms with Crippen molar-refractivity contribution in [2.24, 2.45) is 11.3 Å². The van der Waals surface area contributed by atoms with E-state index in [0.29, 0.717) is 11.5 Å². The van der Waals surface area contributed by atoms with Gasteiger partial charge in [0.2, 0.25) is 0 Å². The minimum Gasteiger partial charge on any atom is -0.384 e. The summed E-state index contributed by atoms with van der Waals surface area (Å²) in [6.07, 6.45) is 3.42. The Morgan fingerprint density at radius 1 is 1.35 bits per heavy atom. The van der Waals surface area contributed by atoms with E-state index in [1.165, 1.54) is 17.7 Å². The van der Waals surface area contributed by atoms with Gasteiger partial charge in [-0.15, -0.1) is 0 Å². The van der Waals surface area contributed by atoms with Crippen LogP contribution in [-0.4, -0.2) is 9.78 Å². The Hall–Kier alpha value is -0.990. The van der Waals surface area contributed by atoms with Gasteiger partial charge in [0.25, 0.3) is 0 Å². The quantitative estimate of drug-likeness (QED) is 0.812. The maximum atomic E-state index is 6.23. The fraction of sp³-hybridized carbons (Fsp3) is 0.786. The van der Waals surface area contributed by atoms with Crippen molar-refractivity contribution in [3.63, 3.8) is 0 Å². The van der Waals surface area contributed by atoms with Crippen LogP contribution in [0, 0.1) is 11.3 Å². The van der Waals surface area contributed by atoms with Gasteiger partial charge in [0.15, 0.2) is 0 Å². The molecule has 2 rings (SSSR count). The van der Waals surface area contributed by atoms with E-state index in [2.05, 4.69) is 39.7 Å². The number of hydrogen-bond donors (Lipinski definition) is 1. The Morgan fingerprint density at radius 3 is 2.53 bits per heavy atom. The lowest BCUT2D eigenvalue weighted by atomic mass is 9.72. The smallest absolute Gasteiger partial charge is 0.125 e. The third-order valence-corrected chi connectivity index (χ3v) is 4.03. The summed E-state index contributed by atoms with van der Waals surface area (Å²) < 4.78 is 1.98. The van der Waals surface area contributed by atoms with E-state index in [1.807, 2.05) is 4.68 Å². The Labute approximate surface area is 104 Å². The largest absolute Gasteiger partial charge is 0.384 e. The molecule has 3 nitrogen and oxygen atoms in total. The monoisotopic (exact) mass is 235 g/mol. The first-order chi connectivity index (χ1) is 7.80. The molecule has 2 N–H and O–H groups in total. The molecule has 0 fully saturated rings. The molecule has 0 bridgehead atoms. The fourth-order valence-corrected chi connectivity index (χ4v) is 2.75. The van der Waals surface area contributed by atoms with Gasteiger partial charge in [0.05, 0.1) is 5.69 Å². The SMILES string of the molecule is CC(C)n1nc2c(c1N)CC(C(C)(C)C)CC2. The third kappa shape index (κ3) is 2.20. The predicted octanol–water partition coefficient (Wildman–Crippen LogP) is 3.20. The zero-order valence-electron chi connectivity index (χ0n) is 11.7. The predicted molar refractivity (Wildman–Crippen MR) is 72.0 cm³/mol. The maximum absolute atomic E-state index is 6.23. The molecule has 0 saturated heterocycles. The standard InChI is InChI=1S/C14H25N3/c1-9(2)17-13(15)11-8-10(14(3,4)5)6-7-12(11)16-17/h9-10H,6-8,15H2,1-5H3. The second kappa shape index (κ2) is 4.04. The number of aryl methyl sites for hydroxylation is 1. The summed E-state index contributed by atoms with van der Waals surface area (Å²) >= 11 is 0. The summed E-state index contributed by atoms with van der Waals surface area (Å²) in [4.78, 5) is 0. The van der Waals surface area contributed by atoms with Gasteiger partial charge in [-0.2, -0.15) is 5.10 Å². The summed E-state index contributed by atoms with van der Waals surface area (Å²) in [5.41, 5.74) is 9.14. The van der Waals surface area contributed by atoms with Crippen LogP contribution in [0.3, 0.4) is 0 Å². The molecule has 1 aliphatic carbocycles. The first-order valence-electron chi connectivity index (χ1n) is 6.66. The van der Waals surface area contributed by atoms with Gasteiger partial charge >= 0.3 is 0 Å². The van der Waals surface area contributed by atoms with Gasteiger partial charge in [-0.25, -0.2) is 4.68 Å². The molecule has 0 spiro atoms. The number of fused-ring (bicyclic) bond motifs is 1. The second-order valence-corrected chi connectivity index (χ2v) is 6.65. The highest BCUT2D eigenvalue weighted by molar-refractivity contribution is 5.45. The minimum absolute atomic E-state index is 0.355. The molecule has 1 aromatic rings. The van der Waals surface area contributed by atoms with Crippen LogP contribution in [-0.2, 0) is 12.8 Å². The highest BCUT2D eigenvalue weighted by Crippen LogP contribution is 2.39. The lowest BCUT2D eigenvalue weighted by Gasteiger charge is -2.33. The lowest BCUT2D eigenvalue weighted by molar-refractivity contribution is 0.216. The van der Waals surface area contributed by atoms with Crippen LogP contribution in [0.5, 0.6) is 0 Å². The van der Waals surface area contributed by atoms with E-state index in [0.717, 1.165) is 24.6 Å². The van der Waals surface area contributed by atoms with Crippen LogP contribution in [0.2, 0.25) is 0 Å². The molecule has 0 radical (unpaired) electrons. The summed E-state index contributed by atoms with van der Waals surface area (Å²) in [5.74, 6) is 1.62. The Bertz CT molecular complexity index is 410. The molecule has 0 aromatic carbocycles. The van der Waals surface area contributed by atoms with E-state index in [9.17, 15) is 0 Å². The minimum atomic E-state index is 0.355. The first-order valence-corrected chi connectivity index (χ1v) is 6.66. The average molecular weight is 235 g/mol. The van der Waals surface area contributed by atoms with Crippen molar-refractivity contribution >= 4 is 5.82 Å². The van der Waals surface area contributed by atoms with Gasteiger partial charge in [-0.3, -0.25) is 0 Å². The fourth-order valence-electron chi connectivity index (χ4n) is 2.75. The topological polar surface area (TPSA) is 43.8 Å². The summed E-state index contributed by atoms with van der Waals surface area (Å²) in [7, 11) is 0. The Balaban J connectivity index is 2.32. The highest BCUT2D eigenvalue weighted by Gasteiger charge is 2.32. The molecule has 0 aliphatic heterocycles. The van der Waals surface area contributed by atoms with Gasteiger partial charge < -0.3 is 5.73 Å². The molecular weight excluding hydrogens is 210 g/mol. The van der Waals surface area contributed by atoms with Crippen molar-refractivity contribution in [3.8, 4) is 0 Å². The van der Waals surface area contributed by atoms with Crippen LogP contribution < -0.4 is 5.73 Å². The van der Waals surface area contributed by atoms with E-state index < -0.39 is 0 Å². The van der Waals surface area contributed by atoms with E-state index >= 15 is 0 Å². The van der Waals surface area contributed by atoms with Crippen molar-refractivity contribution in [1.29, 1.82) is 0 Å². The van der Waals surface area contributed by atoms with E-state index in [-0.39, 0.29) is 0 Å². The molecular formula is C14H25N3. The number of hydrogen-bond acceptors (Lipinski definition) is 2. The van der Waals surface area contributed by atoms with E-state index in [4.69, 9.17) is 5.73 Å². The van der Waals surface area contributed by atoms with Gasteiger partial charge in [0.1, 0.15) is 5.82 Å². The molecule has 17 heavy (non-hydrogen) atoms. The summed E-state index contributed by atoms with van der Waals surface area (Å²) in [6, 6.07) is 0.355. The molecule has 3 heteroatoms. The van der Waals surface area contributed by atoms with Crippen molar-refractivity contribution < 1.29 is 0 Å². The Kier molecular flexibility index (Phi) is 2.96. The van der Waals surface area contributed by atoms with Crippen molar-refractivity contribution in [2.45, 2.75) is 59.9 Å². The molecule has 1 aliphatic rings. The second-order valence-electron chi connectivity index (χ2n) is 6.65. The number of aromatic nitrogens is 2. The Morgan fingerprint density at radius 2 is 2.00 bits per heavy atom. The number of nitrogen functional groups attached to an aromatic ring is 1. The van der Waals surface area contributed by atoms with Crippen molar-refractivity contribution in [2.75, 3.05) is 5.73 Å². The van der Waals surface area contributed by atoms with Crippen LogP contribution in [0.1, 0.15) is 58.3 Å². The van der Waals surface area contributed by atoms with E-state index in [1.54, 1.807) is 0 Å². The van der Waals surface area contributed by atoms with Crippen LogP contribution in [0.25, 0.3) is 0 Å². The number of nitrogens with zero attached hydrogens (tertiary/aromatic N) is 2. The molecule has 1 atom stereocenters. The van der Waals surface area contributed by atoms with Crippen molar-refractivity contribution in [3.05, 3.63) is 11.3 Å². The third-order valence-electron chi connectivity index (χ3n) is 4.03. The molecule has 1 unspecified atom stereocenters. The molecule has 0 saturated carbocycles. The maximum Gasteiger partial charge on any atom is 0.125 e. The average Bonchev–Trinajstić information content (AvgIpc) is 2.54. The van der Waals surface area contributed by atoms with Crippen LogP contribution in [0.4, 0.5) is 5.82 Å². The first kappa shape index (κ1) is 12.5. The van der Waals surface area contributed by atoms with Crippen molar-refractivity contribution in [1.82, 2.24) is 9.78 Å². The number of rotatable bonds is 1. The molecule has 96 valence electrons. The van der Waals surface area contributed by atoms with Gasteiger partial charge in [-0.05, 0) is 44.4 Å². The molecule has 1 heterocycles. The summed E-state index contributed by atoms with van der Waals surface area (Å²) in [6.45, 7) is 11.2. The van der Waals surface area contributed by atoms with Crippen LogP contribution in [0.15, 0.2) is 0 Å². The highest BCUT2D eigenvalue weighted by atomic mass is 15.3. The molecule has 1 aromatic heterocycles. The molecule has 0 amide bonds.